The van der Waals surface area contributed by atoms with Gasteiger partial charge in [0.05, 0.1) is 31.0 Å². The topological polar surface area (TPSA) is 219 Å². The van der Waals surface area contributed by atoms with Crippen LogP contribution in [-0.4, -0.2) is 138 Å². The van der Waals surface area contributed by atoms with E-state index in [1.807, 2.05) is 6.92 Å². The van der Waals surface area contributed by atoms with Crippen molar-refractivity contribution < 1.29 is 64.9 Å². The van der Waals surface area contributed by atoms with E-state index in [0.29, 0.717) is 25.2 Å². The van der Waals surface area contributed by atoms with E-state index in [0.717, 1.165) is 38.5 Å². The molecule has 13 nitrogen and oxygen atoms in total. The van der Waals surface area contributed by atoms with Crippen molar-refractivity contribution in [3.63, 3.8) is 0 Å². The van der Waals surface area contributed by atoms with Crippen LogP contribution >= 0.6 is 0 Å². The van der Waals surface area contributed by atoms with Crippen LogP contribution in [0.2, 0.25) is 0 Å². The SMILES string of the molecule is CC(C)=CCC[C@](C)(O)[C@H]1CCC2C1[C@H](O)CC1[C@@]2(C)CCC2C(C)(C)[C@@H](O[C@@H]3O[C@H](CO)[C@@H](O)[C@H](O)[C@H]3O[C@H]3O[C@@H](CO)[C@H](O)[C@@H](O)[C@@H]3O)CC[C@@]21C. The molecule has 0 radical (unpaired) electrons. The zero-order valence-electron chi connectivity index (χ0n) is 33.3. The fourth-order valence-corrected chi connectivity index (χ4v) is 12.9. The summed E-state index contributed by atoms with van der Waals surface area (Å²) in [5, 5.41) is 97.0. The molecule has 0 aromatic carbocycles. The molecule has 13 heteroatoms. The normalized spacial score (nSPS) is 51.4. The molecule has 0 spiro atoms. The summed E-state index contributed by atoms with van der Waals surface area (Å²) >= 11 is 0. The summed E-state index contributed by atoms with van der Waals surface area (Å²) in [6.45, 7) is 14.1. The van der Waals surface area contributed by atoms with E-state index in [1.54, 1.807) is 0 Å². The average molecular weight is 771 g/mol. The lowest BCUT2D eigenvalue weighted by Crippen LogP contribution is -2.66. The second kappa shape index (κ2) is 15.8. The van der Waals surface area contributed by atoms with Gasteiger partial charge in [0.1, 0.15) is 48.8 Å². The highest BCUT2D eigenvalue weighted by atomic mass is 16.8. The minimum absolute atomic E-state index is 0.00900. The molecule has 6 fully saturated rings. The molecule has 2 saturated heterocycles. The van der Waals surface area contributed by atoms with Crippen LogP contribution in [0.3, 0.4) is 0 Å². The molecular formula is C41H70O13. The number of ether oxygens (including phenoxy) is 4. The Morgan fingerprint density at radius 2 is 1.35 bits per heavy atom. The van der Waals surface area contributed by atoms with Crippen LogP contribution in [0, 0.1) is 45.8 Å². The first kappa shape index (κ1) is 42.8. The highest BCUT2D eigenvalue weighted by Gasteiger charge is 2.68. The Labute approximate surface area is 320 Å². The van der Waals surface area contributed by atoms with Gasteiger partial charge < -0.3 is 64.9 Å². The number of aliphatic hydroxyl groups excluding tert-OH is 8. The Morgan fingerprint density at radius 3 is 1.98 bits per heavy atom. The maximum atomic E-state index is 12.0. The first-order chi connectivity index (χ1) is 25.2. The van der Waals surface area contributed by atoms with Crippen molar-refractivity contribution in [2.45, 2.75) is 185 Å². The highest BCUT2D eigenvalue weighted by Crippen LogP contribution is 2.72. The van der Waals surface area contributed by atoms with E-state index < -0.39 is 97.8 Å². The van der Waals surface area contributed by atoms with Crippen LogP contribution in [0.15, 0.2) is 11.6 Å². The third-order valence-corrected chi connectivity index (χ3v) is 15.8. The molecule has 2 heterocycles. The van der Waals surface area contributed by atoms with Crippen molar-refractivity contribution in [1.82, 2.24) is 0 Å². The Morgan fingerprint density at radius 1 is 0.741 bits per heavy atom. The van der Waals surface area contributed by atoms with E-state index in [-0.39, 0.29) is 34.5 Å². The van der Waals surface area contributed by atoms with Gasteiger partial charge in [-0.1, -0.05) is 39.3 Å². The Balaban J connectivity index is 1.20. The minimum Gasteiger partial charge on any atom is -0.394 e. The number of allylic oxidation sites excluding steroid dienone is 2. The lowest BCUT2D eigenvalue weighted by molar-refractivity contribution is -0.378. The number of hydrogen-bond acceptors (Lipinski definition) is 13. The zero-order chi connectivity index (χ0) is 39.7. The molecule has 312 valence electrons. The quantitative estimate of drug-likeness (QED) is 0.114. The first-order valence-electron chi connectivity index (χ1n) is 20.5. The van der Waals surface area contributed by atoms with Gasteiger partial charge in [0.25, 0.3) is 0 Å². The predicted octanol–water partition coefficient (Wildman–Crippen LogP) is 1.76. The van der Waals surface area contributed by atoms with Gasteiger partial charge in [-0.3, -0.25) is 0 Å². The second-order valence-electron chi connectivity index (χ2n) is 19.5. The molecule has 2 aliphatic heterocycles. The van der Waals surface area contributed by atoms with Crippen molar-refractivity contribution >= 4 is 0 Å². The number of fused-ring (bicyclic) bond motifs is 5. The molecule has 0 bridgehead atoms. The van der Waals surface area contributed by atoms with Gasteiger partial charge in [-0.15, -0.1) is 0 Å². The van der Waals surface area contributed by atoms with E-state index in [4.69, 9.17) is 18.9 Å². The van der Waals surface area contributed by atoms with Gasteiger partial charge in [0.2, 0.25) is 0 Å². The summed E-state index contributed by atoms with van der Waals surface area (Å²) in [5.74, 6) is 0.898. The van der Waals surface area contributed by atoms with Crippen molar-refractivity contribution in [2.75, 3.05) is 13.2 Å². The molecule has 54 heavy (non-hydrogen) atoms. The van der Waals surface area contributed by atoms with Crippen molar-refractivity contribution in [3.8, 4) is 0 Å². The molecule has 20 atom stereocenters. The van der Waals surface area contributed by atoms with Gasteiger partial charge >= 0.3 is 0 Å². The zero-order valence-corrected chi connectivity index (χ0v) is 33.3. The molecule has 6 aliphatic rings. The summed E-state index contributed by atoms with van der Waals surface area (Å²) in [6.07, 6.45) is -6.26. The molecular weight excluding hydrogens is 700 g/mol. The molecule has 0 aromatic heterocycles. The molecule has 6 rings (SSSR count). The Kier molecular flexibility index (Phi) is 12.5. The Hall–Kier alpha value is -0.780. The smallest absolute Gasteiger partial charge is 0.187 e. The summed E-state index contributed by atoms with van der Waals surface area (Å²) < 4.78 is 24.3. The van der Waals surface area contributed by atoms with Gasteiger partial charge in [-0.2, -0.15) is 0 Å². The minimum atomic E-state index is -1.75. The number of hydrogen-bond donors (Lipinski definition) is 9. The fraction of sp³-hybridized carbons (Fsp3) is 0.951. The van der Waals surface area contributed by atoms with Crippen LogP contribution in [0.25, 0.3) is 0 Å². The van der Waals surface area contributed by atoms with Gasteiger partial charge in [-0.25, -0.2) is 0 Å². The highest BCUT2D eigenvalue weighted by molar-refractivity contribution is 5.16. The van der Waals surface area contributed by atoms with Crippen LogP contribution in [0.5, 0.6) is 0 Å². The lowest BCUT2D eigenvalue weighted by atomic mass is 9.38. The van der Waals surface area contributed by atoms with Crippen LogP contribution < -0.4 is 0 Å². The molecule has 4 saturated carbocycles. The third kappa shape index (κ3) is 7.28. The molecule has 0 amide bonds. The Bertz CT molecular complexity index is 1320. The van der Waals surface area contributed by atoms with E-state index in [1.165, 1.54) is 5.57 Å². The number of rotatable bonds is 10. The summed E-state index contributed by atoms with van der Waals surface area (Å²) in [4.78, 5) is 0. The summed E-state index contributed by atoms with van der Waals surface area (Å²) in [7, 11) is 0. The largest absolute Gasteiger partial charge is 0.394 e. The molecule has 9 N–H and O–H groups in total. The van der Waals surface area contributed by atoms with Gasteiger partial charge in [0, 0.05) is 0 Å². The van der Waals surface area contributed by atoms with Crippen molar-refractivity contribution in [1.29, 1.82) is 0 Å². The van der Waals surface area contributed by atoms with Gasteiger partial charge in [-0.05, 0) is 124 Å². The molecule has 4 unspecified atom stereocenters. The number of aliphatic hydroxyl groups is 9. The van der Waals surface area contributed by atoms with Crippen molar-refractivity contribution in [3.05, 3.63) is 11.6 Å². The third-order valence-electron chi connectivity index (χ3n) is 15.8. The van der Waals surface area contributed by atoms with Crippen LogP contribution in [-0.2, 0) is 18.9 Å². The second-order valence-corrected chi connectivity index (χ2v) is 19.5. The maximum absolute atomic E-state index is 12.0. The predicted molar refractivity (Wildman–Crippen MR) is 196 cm³/mol. The fourth-order valence-electron chi connectivity index (χ4n) is 12.9. The van der Waals surface area contributed by atoms with Crippen LogP contribution in [0.4, 0.5) is 0 Å². The molecule has 0 aromatic rings. The lowest BCUT2D eigenvalue weighted by Gasteiger charge is -2.68. The van der Waals surface area contributed by atoms with E-state index in [2.05, 4.69) is 47.6 Å². The average Bonchev–Trinajstić information content (AvgIpc) is 3.58. The van der Waals surface area contributed by atoms with Crippen LogP contribution in [0.1, 0.15) is 106 Å². The monoisotopic (exact) mass is 770 g/mol. The molecule has 4 aliphatic carbocycles. The van der Waals surface area contributed by atoms with E-state index in [9.17, 15) is 46.0 Å². The van der Waals surface area contributed by atoms with Gasteiger partial charge in [0.15, 0.2) is 12.6 Å². The maximum Gasteiger partial charge on any atom is 0.187 e. The van der Waals surface area contributed by atoms with E-state index >= 15 is 0 Å². The van der Waals surface area contributed by atoms with Crippen molar-refractivity contribution in [2.24, 2.45) is 45.8 Å². The summed E-state index contributed by atoms with van der Waals surface area (Å²) in [6, 6.07) is 0. The first-order valence-corrected chi connectivity index (χ1v) is 20.5. The summed E-state index contributed by atoms with van der Waals surface area (Å²) in [5.41, 5.74) is -0.132. The standard InChI is InChI=1S/C41H70O13/c1-20(2)9-8-14-41(7,50)22-11-10-21-29(22)23(44)17-27-39(21,5)15-12-26-38(3,4)28(13-16-40(26,27)6)53-37-35(33(48)31(46)25(19-43)52-37)54-36-34(49)32(47)30(45)24(18-42)51-36/h9,21-37,42-50H,8,10-19H2,1-7H3/t21?,22-,23+,24-,25+,26?,27?,28-,29?,30-,31+,32+,33-,34-,35+,36+,37-,39-,40-,41-/m0/s1.